The first-order valence-corrected chi connectivity index (χ1v) is 17.8. The van der Waals surface area contributed by atoms with E-state index < -0.39 is 0 Å². The van der Waals surface area contributed by atoms with E-state index in [1.165, 1.54) is 21.9 Å². The molecule has 2 aromatic heterocycles. The fourth-order valence-corrected chi connectivity index (χ4v) is 7.19. The number of hydrogen-bond acceptors (Lipinski definition) is 4. The molecule has 0 aliphatic heterocycles. The highest BCUT2D eigenvalue weighted by Crippen LogP contribution is 2.37. The number of para-hydroxylation sites is 2. The van der Waals surface area contributed by atoms with Gasteiger partial charge >= 0.3 is 0 Å². The summed E-state index contributed by atoms with van der Waals surface area (Å²) in [5, 5.41) is 4.66. The van der Waals surface area contributed by atoms with E-state index in [1.807, 2.05) is 24.3 Å². The fraction of sp³-hybridized carbons (Fsp3) is 0. The van der Waals surface area contributed by atoms with Crippen molar-refractivity contribution in [2.24, 2.45) is 0 Å². The van der Waals surface area contributed by atoms with E-state index in [2.05, 4.69) is 164 Å². The van der Waals surface area contributed by atoms with Crippen LogP contribution in [0.3, 0.4) is 0 Å². The number of benzene rings is 8. The molecule has 4 heteroatoms. The minimum absolute atomic E-state index is 0.606. The molecule has 0 amide bonds. The molecule has 0 atom stereocenters. The van der Waals surface area contributed by atoms with Crippen LogP contribution in [-0.4, -0.2) is 15.0 Å². The maximum absolute atomic E-state index is 6.40. The number of rotatable bonds is 6. The van der Waals surface area contributed by atoms with Crippen LogP contribution in [0.4, 0.5) is 0 Å². The van der Waals surface area contributed by atoms with Crippen molar-refractivity contribution in [1.29, 1.82) is 0 Å². The predicted molar refractivity (Wildman–Crippen MR) is 217 cm³/mol. The first-order valence-electron chi connectivity index (χ1n) is 17.8. The smallest absolute Gasteiger partial charge is 0.164 e. The van der Waals surface area contributed by atoms with Gasteiger partial charge < -0.3 is 4.42 Å². The van der Waals surface area contributed by atoms with Gasteiger partial charge in [0.05, 0.1) is 0 Å². The molecule has 53 heavy (non-hydrogen) atoms. The van der Waals surface area contributed by atoms with Crippen LogP contribution < -0.4 is 0 Å². The van der Waals surface area contributed by atoms with E-state index in [1.54, 1.807) is 0 Å². The van der Waals surface area contributed by atoms with Crippen LogP contribution in [0.25, 0.3) is 100 Å². The van der Waals surface area contributed by atoms with Crippen molar-refractivity contribution in [2.45, 2.75) is 0 Å². The molecule has 0 unspecified atom stereocenters. The summed E-state index contributed by atoms with van der Waals surface area (Å²) in [6.45, 7) is 0. The summed E-state index contributed by atoms with van der Waals surface area (Å²) in [5.74, 6) is 1.84. The van der Waals surface area contributed by atoms with E-state index in [0.29, 0.717) is 17.5 Å². The molecule has 0 saturated carbocycles. The van der Waals surface area contributed by atoms with E-state index in [9.17, 15) is 0 Å². The number of furan rings is 1. The first kappa shape index (κ1) is 30.6. The second-order valence-corrected chi connectivity index (χ2v) is 13.3. The Balaban J connectivity index is 1.07. The summed E-state index contributed by atoms with van der Waals surface area (Å²) < 4.78 is 6.40. The van der Waals surface area contributed by atoms with Crippen LogP contribution in [0, 0.1) is 0 Å². The minimum Gasteiger partial charge on any atom is -0.455 e. The van der Waals surface area contributed by atoms with Crippen molar-refractivity contribution in [3.8, 4) is 67.5 Å². The molecular weight excluding hydrogens is 647 g/mol. The van der Waals surface area contributed by atoms with Gasteiger partial charge in [-0.2, -0.15) is 0 Å². The Hall–Kier alpha value is -7.17. The summed E-state index contributed by atoms with van der Waals surface area (Å²) in [6.07, 6.45) is 0. The van der Waals surface area contributed by atoms with Crippen molar-refractivity contribution in [1.82, 2.24) is 15.0 Å². The zero-order valence-electron chi connectivity index (χ0n) is 28.6. The minimum atomic E-state index is 0.606. The average molecular weight is 678 g/mol. The zero-order chi connectivity index (χ0) is 35.1. The summed E-state index contributed by atoms with van der Waals surface area (Å²) in [6, 6.07) is 65.2. The van der Waals surface area contributed by atoms with Gasteiger partial charge in [0.25, 0.3) is 0 Å². The number of aromatic nitrogens is 3. The topological polar surface area (TPSA) is 51.8 Å². The van der Waals surface area contributed by atoms with E-state index in [-0.39, 0.29) is 0 Å². The summed E-state index contributed by atoms with van der Waals surface area (Å²) in [7, 11) is 0. The van der Waals surface area contributed by atoms with Crippen LogP contribution in [0.2, 0.25) is 0 Å². The van der Waals surface area contributed by atoms with Gasteiger partial charge in [0.2, 0.25) is 0 Å². The van der Waals surface area contributed by atoms with Crippen LogP contribution in [0.1, 0.15) is 0 Å². The molecule has 248 valence electrons. The first-order chi connectivity index (χ1) is 26.2. The van der Waals surface area contributed by atoms with E-state index >= 15 is 0 Å². The van der Waals surface area contributed by atoms with Crippen molar-refractivity contribution in [2.75, 3.05) is 0 Å². The van der Waals surface area contributed by atoms with E-state index in [4.69, 9.17) is 19.4 Å². The second-order valence-electron chi connectivity index (χ2n) is 13.3. The molecule has 0 spiro atoms. The Morgan fingerprint density at radius 3 is 1.57 bits per heavy atom. The third-order valence-corrected chi connectivity index (χ3v) is 9.95. The second kappa shape index (κ2) is 12.9. The Bertz CT molecular complexity index is 2930. The molecule has 10 rings (SSSR count). The molecule has 0 aliphatic carbocycles. The number of fused-ring (bicyclic) bond motifs is 4. The largest absolute Gasteiger partial charge is 0.455 e. The van der Waals surface area contributed by atoms with Gasteiger partial charge in [-0.25, -0.2) is 15.0 Å². The van der Waals surface area contributed by atoms with Crippen molar-refractivity contribution in [3.05, 3.63) is 188 Å². The quantitative estimate of drug-likeness (QED) is 0.176. The molecule has 10 aromatic rings. The number of hydrogen-bond donors (Lipinski definition) is 0. The predicted octanol–water partition coefficient (Wildman–Crippen LogP) is 12.9. The maximum atomic E-state index is 6.40. The summed E-state index contributed by atoms with van der Waals surface area (Å²) in [4.78, 5) is 15.2. The molecule has 0 radical (unpaired) electrons. The maximum Gasteiger partial charge on any atom is 0.164 e. The standard InChI is InChI=1S/C49H31N3O/c1-2-10-32(11-3-1)34-20-25-36(26-21-34)47-50-48(37-27-22-35(23-28-37)39-29-24-33-12-4-5-13-38(33)30-39)52-49(51-47)41-15-8-14-40(31-41)42-17-9-18-44-43-16-6-7-19-45(43)53-46(42)44/h1-31H. The zero-order valence-corrected chi connectivity index (χ0v) is 28.6. The lowest BCUT2D eigenvalue weighted by molar-refractivity contribution is 0.670. The van der Waals surface area contributed by atoms with E-state index in [0.717, 1.165) is 60.9 Å². The normalized spacial score (nSPS) is 11.4. The third kappa shape index (κ3) is 5.73. The van der Waals surface area contributed by atoms with Gasteiger partial charge in [-0.3, -0.25) is 0 Å². The number of nitrogens with zero attached hydrogens (tertiary/aromatic N) is 3. The van der Waals surface area contributed by atoms with Gasteiger partial charge in [-0.15, -0.1) is 0 Å². The highest BCUT2D eigenvalue weighted by molar-refractivity contribution is 6.09. The van der Waals surface area contributed by atoms with Crippen LogP contribution in [-0.2, 0) is 0 Å². The fourth-order valence-electron chi connectivity index (χ4n) is 7.19. The van der Waals surface area contributed by atoms with Crippen molar-refractivity contribution in [3.63, 3.8) is 0 Å². The van der Waals surface area contributed by atoms with Crippen molar-refractivity contribution >= 4 is 32.7 Å². The van der Waals surface area contributed by atoms with Crippen molar-refractivity contribution < 1.29 is 4.42 Å². The Labute approximate surface area is 306 Å². The van der Waals surface area contributed by atoms with Gasteiger partial charge in [0.1, 0.15) is 11.2 Å². The SMILES string of the molecule is c1ccc(-c2ccc(-c3nc(-c4ccc(-c5ccc6ccccc6c5)cc4)nc(-c4cccc(-c5cccc6c5oc5ccccc56)c4)n3)cc2)cc1. The lowest BCUT2D eigenvalue weighted by Gasteiger charge is -2.11. The molecule has 4 nitrogen and oxygen atoms in total. The summed E-state index contributed by atoms with van der Waals surface area (Å²) >= 11 is 0. The molecule has 2 heterocycles. The molecule has 0 saturated heterocycles. The molecule has 0 fully saturated rings. The van der Waals surface area contributed by atoms with Gasteiger partial charge in [-0.1, -0.05) is 170 Å². The lowest BCUT2D eigenvalue weighted by Crippen LogP contribution is -2.00. The van der Waals surface area contributed by atoms with Crippen LogP contribution in [0.15, 0.2) is 192 Å². The Kier molecular flexibility index (Phi) is 7.43. The van der Waals surface area contributed by atoms with Gasteiger partial charge in [-0.05, 0) is 56.8 Å². The Morgan fingerprint density at radius 1 is 0.302 bits per heavy atom. The molecule has 0 aliphatic rings. The highest BCUT2D eigenvalue weighted by atomic mass is 16.3. The van der Waals surface area contributed by atoms with Crippen LogP contribution in [0.5, 0.6) is 0 Å². The average Bonchev–Trinajstić information content (AvgIpc) is 3.63. The van der Waals surface area contributed by atoms with Crippen LogP contribution >= 0.6 is 0 Å². The molecular formula is C49H31N3O. The highest BCUT2D eigenvalue weighted by Gasteiger charge is 2.16. The van der Waals surface area contributed by atoms with Gasteiger partial charge in [0.15, 0.2) is 17.5 Å². The monoisotopic (exact) mass is 677 g/mol. The molecule has 8 aromatic carbocycles. The molecule has 0 N–H and O–H groups in total. The summed E-state index contributed by atoms with van der Waals surface area (Å²) in [5.41, 5.74) is 11.1. The molecule has 0 bridgehead atoms. The third-order valence-electron chi connectivity index (χ3n) is 9.95. The lowest BCUT2D eigenvalue weighted by atomic mass is 9.99. The Morgan fingerprint density at radius 2 is 0.811 bits per heavy atom. The van der Waals surface area contributed by atoms with Gasteiger partial charge in [0, 0.05) is 33.0 Å².